The molecule has 2 amide bonds. The van der Waals surface area contributed by atoms with Crippen molar-refractivity contribution in [3.8, 4) is 0 Å². The lowest BCUT2D eigenvalue weighted by Crippen LogP contribution is -2.33. The molecule has 0 radical (unpaired) electrons. The highest BCUT2D eigenvalue weighted by Gasteiger charge is 2.22. The van der Waals surface area contributed by atoms with Gasteiger partial charge >= 0.3 is 5.97 Å². The molecule has 0 saturated carbocycles. The van der Waals surface area contributed by atoms with Gasteiger partial charge in [-0.1, -0.05) is 26.2 Å². The lowest BCUT2D eigenvalue weighted by Gasteiger charge is -2.13. The fraction of sp³-hybridized carbons (Fsp3) is 0.762. The van der Waals surface area contributed by atoms with E-state index in [1.165, 1.54) is 12.2 Å². The molecule has 0 saturated heterocycles. The minimum absolute atomic E-state index is 0.165. The van der Waals surface area contributed by atoms with E-state index in [4.69, 9.17) is 23.7 Å². The number of esters is 1. The fourth-order valence-corrected chi connectivity index (χ4v) is 2.55. The maximum atomic E-state index is 11.5. The molecule has 0 bridgehead atoms. The van der Waals surface area contributed by atoms with Gasteiger partial charge in [0.15, 0.2) is 0 Å². The average molecular weight is 430 g/mol. The van der Waals surface area contributed by atoms with Crippen molar-refractivity contribution in [2.45, 2.75) is 39.0 Å². The highest BCUT2D eigenvalue weighted by atomic mass is 16.6. The number of amides is 2. The summed E-state index contributed by atoms with van der Waals surface area (Å²) in [6.45, 7) is 5.83. The van der Waals surface area contributed by atoms with Crippen molar-refractivity contribution in [3.63, 3.8) is 0 Å². The molecular formula is C21H35NO8. The first-order valence-electron chi connectivity index (χ1n) is 10.6. The molecule has 9 nitrogen and oxygen atoms in total. The quantitative estimate of drug-likeness (QED) is 0.163. The number of carbonyl (C=O) groups excluding carboxylic acids is 3. The van der Waals surface area contributed by atoms with Crippen LogP contribution >= 0.6 is 0 Å². The highest BCUT2D eigenvalue weighted by molar-refractivity contribution is 6.12. The van der Waals surface area contributed by atoms with Crippen molar-refractivity contribution in [1.82, 2.24) is 4.90 Å². The summed E-state index contributed by atoms with van der Waals surface area (Å²) in [4.78, 5) is 35.2. The average Bonchev–Trinajstić information content (AvgIpc) is 3.06. The van der Waals surface area contributed by atoms with E-state index in [1.807, 2.05) is 0 Å². The normalized spacial score (nSPS) is 13.4. The Morgan fingerprint density at radius 3 is 1.77 bits per heavy atom. The lowest BCUT2D eigenvalue weighted by molar-refractivity contribution is -0.145. The molecular weight excluding hydrogens is 394 g/mol. The van der Waals surface area contributed by atoms with Gasteiger partial charge in [-0.25, -0.2) is 0 Å². The minimum atomic E-state index is -0.306. The standard InChI is InChI=1S/C21H35NO8/c1-2-3-4-5-6-21(25)30-18-17-29-16-15-28-14-13-27-12-11-26-10-9-22-19(23)7-8-20(22)24/h7-8H,2-6,9-18H2,1H3. The van der Waals surface area contributed by atoms with Crippen LogP contribution in [0.4, 0.5) is 0 Å². The monoisotopic (exact) mass is 429 g/mol. The zero-order valence-corrected chi connectivity index (χ0v) is 18.0. The van der Waals surface area contributed by atoms with Crippen molar-refractivity contribution in [2.75, 3.05) is 66.0 Å². The van der Waals surface area contributed by atoms with Gasteiger partial charge in [0.05, 0.1) is 59.4 Å². The van der Waals surface area contributed by atoms with E-state index in [0.29, 0.717) is 52.7 Å². The van der Waals surface area contributed by atoms with Crippen molar-refractivity contribution >= 4 is 17.8 Å². The van der Waals surface area contributed by atoms with Gasteiger partial charge in [0.2, 0.25) is 0 Å². The van der Waals surface area contributed by atoms with Gasteiger partial charge < -0.3 is 23.7 Å². The van der Waals surface area contributed by atoms with Gasteiger partial charge in [-0.15, -0.1) is 0 Å². The van der Waals surface area contributed by atoms with Crippen molar-refractivity contribution < 1.29 is 38.1 Å². The van der Waals surface area contributed by atoms with Crippen molar-refractivity contribution in [2.24, 2.45) is 0 Å². The molecule has 172 valence electrons. The maximum absolute atomic E-state index is 11.5. The van der Waals surface area contributed by atoms with Crippen LogP contribution in [0.2, 0.25) is 0 Å². The van der Waals surface area contributed by atoms with Crippen LogP contribution in [0.1, 0.15) is 39.0 Å². The first kappa shape index (κ1) is 26.2. The zero-order valence-electron chi connectivity index (χ0n) is 18.0. The van der Waals surface area contributed by atoms with E-state index >= 15 is 0 Å². The molecule has 9 heteroatoms. The third-order valence-electron chi connectivity index (χ3n) is 4.20. The molecule has 0 aromatic rings. The molecule has 0 fully saturated rings. The Bertz CT molecular complexity index is 505. The van der Waals surface area contributed by atoms with Crippen LogP contribution in [0.15, 0.2) is 12.2 Å². The lowest BCUT2D eigenvalue weighted by atomic mass is 10.2. The van der Waals surface area contributed by atoms with Crippen LogP contribution in [0.5, 0.6) is 0 Å². The molecule has 1 aliphatic heterocycles. The second-order valence-electron chi connectivity index (χ2n) is 6.64. The number of hydrogen-bond donors (Lipinski definition) is 0. The Morgan fingerprint density at radius 2 is 1.23 bits per heavy atom. The number of unbranched alkanes of at least 4 members (excludes halogenated alkanes) is 3. The molecule has 1 aliphatic rings. The van der Waals surface area contributed by atoms with Crippen molar-refractivity contribution in [1.29, 1.82) is 0 Å². The summed E-state index contributed by atoms with van der Waals surface area (Å²) in [5.41, 5.74) is 0. The zero-order chi connectivity index (χ0) is 21.9. The molecule has 0 spiro atoms. The van der Waals surface area contributed by atoms with E-state index < -0.39 is 0 Å². The number of ether oxygens (including phenoxy) is 5. The molecule has 0 atom stereocenters. The molecule has 0 N–H and O–H groups in total. The first-order valence-corrected chi connectivity index (χ1v) is 10.6. The molecule has 1 rings (SSSR count). The first-order chi connectivity index (χ1) is 14.6. The van der Waals surface area contributed by atoms with Crippen LogP contribution in [0, 0.1) is 0 Å². The summed E-state index contributed by atoms with van der Waals surface area (Å²) in [7, 11) is 0. The summed E-state index contributed by atoms with van der Waals surface area (Å²) in [6.07, 6.45) is 7.23. The third kappa shape index (κ3) is 13.4. The van der Waals surface area contributed by atoms with E-state index in [9.17, 15) is 14.4 Å². The fourth-order valence-electron chi connectivity index (χ4n) is 2.55. The maximum Gasteiger partial charge on any atom is 0.305 e. The number of hydrogen-bond acceptors (Lipinski definition) is 8. The van der Waals surface area contributed by atoms with Crippen LogP contribution < -0.4 is 0 Å². The molecule has 1 heterocycles. The molecule has 0 aromatic heterocycles. The van der Waals surface area contributed by atoms with E-state index in [-0.39, 0.29) is 37.5 Å². The van der Waals surface area contributed by atoms with E-state index in [2.05, 4.69) is 6.92 Å². The molecule has 0 aliphatic carbocycles. The molecule has 30 heavy (non-hydrogen) atoms. The summed E-state index contributed by atoms with van der Waals surface area (Å²) >= 11 is 0. The summed E-state index contributed by atoms with van der Waals surface area (Å²) < 4.78 is 26.5. The van der Waals surface area contributed by atoms with Crippen LogP contribution in [0.25, 0.3) is 0 Å². The summed E-state index contributed by atoms with van der Waals surface area (Å²) in [5.74, 6) is -0.776. The van der Waals surface area contributed by atoms with Gasteiger partial charge in [0, 0.05) is 18.6 Å². The van der Waals surface area contributed by atoms with Crippen LogP contribution in [0.3, 0.4) is 0 Å². The third-order valence-corrected chi connectivity index (χ3v) is 4.20. The van der Waals surface area contributed by atoms with E-state index in [0.717, 1.165) is 30.6 Å². The van der Waals surface area contributed by atoms with E-state index in [1.54, 1.807) is 0 Å². The number of carbonyl (C=O) groups is 3. The van der Waals surface area contributed by atoms with Gasteiger partial charge in [-0.05, 0) is 6.42 Å². The predicted octanol–water partition coefficient (Wildman–Crippen LogP) is 1.49. The van der Waals surface area contributed by atoms with Crippen LogP contribution in [-0.2, 0) is 38.1 Å². The smallest absolute Gasteiger partial charge is 0.305 e. The number of rotatable bonds is 20. The minimum Gasteiger partial charge on any atom is -0.463 e. The highest BCUT2D eigenvalue weighted by Crippen LogP contribution is 2.03. The number of nitrogens with zero attached hydrogens (tertiary/aromatic N) is 1. The predicted molar refractivity (Wildman–Crippen MR) is 109 cm³/mol. The van der Waals surface area contributed by atoms with Gasteiger partial charge in [-0.3, -0.25) is 19.3 Å². The Labute approximate surface area is 178 Å². The van der Waals surface area contributed by atoms with Gasteiger partial charge in [0.25, 0.3) is 11.8 Å². The van der Waals surface area contributed by atoms with Gasteiger partial charge in [-0.2, -0.15) is 0 Å². The second kappa shape index (κ2) is 18.0. The Morgan fingerprint density at radius 1 is 0.733 bits per heavy atom. The largest absolute Gasteiger partial charge is 0.463 e. The topological polar surface area (TPSA) is 101 Å². The Kier molecular flexibility index (Phi) is 15.7. The molecule has 0 unspecified atom stereocenters. The Balaban J connectivity index is 1.74. The summed E-state index contributed by atoms with van der Waals surface area (Å²) in [5, 5.41) is 0. The van der Waals surface area contributed by atoms with Crippen LogP contribution in [-0.4, -0.2) is 88.7 Å². The Hall–Kier alpha value is -1.81. The number of imide groups is 1. The SMILES string of the molecule is CCCCCCC(=O)OCCOCCOCCOCCOCCN1C(=O)C=CC1=O. The second-order valence-corrected chi connectivity index (χ2v) is 6.64. The summed E-state index contributed by atoms with van der Waals surface area (Å²) in [6, 6.07) is 0. The van der Waals surface area contributed by atoms with Crippen molar-refractivity contribution in [3.05, 3.63) is 12.2 Å². The van der Waals surface area contributed by atoms with Gasteiger partial charge in [0.1, 0.15) is 6.61 Å². The molecule has 0 aromatic carbocycles.